The summed E-state index contributed by atoms with van der Waals surface area (Å²) in [6.07, 6.45) is 2.01. The van der Waals surface area contributed by atoms with Gasteiger partial charge in [0, 0.05) is 39.1 Å². The zero-order valence-corrected chi connectivity index (χ0v) is 18.0. The van der Waals surface area contributed by atoms with Crippen molar-refractivity contribution in [1.29, 1.82) is 0 Å². The van der Waals surface area contributed by atoms with Crippen LogP contribution in [0.25, 0.3) is 0 Å². The maximum Gasteiger partial charge on any atom is 0.262 e. The molecule has 0 spiro atoms. The molecule has 2 aromatic rings. The third-order valence-corrected chi connectivity index (χ3v) is 6.46. The number of hydrogen-bond acceptors (Lipinski definition) is 8. The highest BCUT2D eigenvalue weighted by molar-refractivity contribution is 6.24. The van der Waals surface area contributed by atoms with E-state index in [2.05, 4.69) is 20.1 Å². The number of piperidine rings is 1. The molecule has 170 valence electrons. The fourth-order valence-electron chi connectivity index (χ4n) is 4.71. The van der Waals surface area contributed by atoms with Crippen LogP contribution in [0.5, 0.6) is 0 Å². The van der Waals surface area contributed by atoms with Crippen LogP contribution in [-0.4, -0.2) is 70.6 Å². The predicted octanol–water partition coefficient (Wildman–Crippen LogP) is 0.387. The summed E-state index contributed by atoms with van der Waals surface area (Å²) in [7, 11) is 0. The second-order valence-electron chi connectivity index (χ2n) is 8.49. The average Bonchev–Trinajstić information content (AvgIpc) is 3.06. The molecule has 3 N–H and O–H groups in total. The fourth-order valence-corrected chi connectivity index (χ4v) is 4.71. The van der Waals surface area contributed by atoms with Gasteiger partial charge in [-0.3, -0.25) is 34.3 Å². The van der Waals surface area contributed by atoms with Gasteiger partial charge in [0.05, 0.1) is 23.0 Å². The lowest BCUT2D eigenvalue weighted by Gasteiger charge is -2.36. The van der Waals surface area contributed by atoms with E-state index in [-0.39, 0.29) is 18.7 Å². The Kier molecular flexibility index (Phi) is 5.29. The largest absolute Gasteiger partial charge is 0.384 e. The number of nitrogens with zero attached hydrogens (tertiary/aromatic N) is 4. The lowest BCUT2D eigenvalue weighted by atomic mass is 10.0. The minimum Gasteiger partial charge on any atom is -0.384 e. The van der Waals surface area contributed by atoms with Crippen LogP contribution < -0.4 is 16.0 Å². The van der Waals surface area contributed by atoms with Crippen molar-refractivity contribution in [1.82, 2.24) is 20.1 Å². The summed E-state index contributed by atoms with van der Waals surface area (Å²) in [6, 6.07) is 8.02. The highest BCUT2D eigenvalue weighted by atomic mass is 16.2. The maximum absolute atomic E-state index is 13.3. The van der Waals surface area contributed by atoms with E-state index in [0.717, 1.165) is 42.3 Å². The molecule has 0 saturated carbocycles. The first-order valence-corrected chi connectivity index (χ1v) is 10.9. The Morgan fingerprint density at radius 1 is 1.00 bits per heavy atom. The first-order chi connectivity index (χ1) is 15.9. The molecule has 1 atom stereocenters. The Morgan fingerprint density at radius 3 is 2.48 bits per heavy atom. The Bertz CT molecular complexity index is 1140. The molecule has 0 aliphatic carbocycles. The third-order valence-electron chi connectivity index (χ3n) is 6.46. The molecule has 4 heterocycles. The van der Waals surface area contributed by atoms with Gasteiger partial charge in [-0.05, 0) is 30.2 Å². The van der Waals surface area contributed by atoms with Gasteiger partial charge >= 0.3 is 0 Å². The van der Waals surface area contributed by atoms with Crippen LogP contribution in [0.2, 0.25) is 0 Å². The van der Waals surface area contributed by atoms with E-state index in [4.69, 9.17) is 5.73 Å². The van der Waals surface area contributed by atoms with Crippen LogP contribution in [0.15, 0.2) is 36.5 Å². The molecule has 3 aliphatic heterocycles. The summed E-state index contributed by atoms with van der Waals surface area (Å²) in [5.41, 5.74) is 8.13. The standard InChI is InChI=1S/C23H24N6O4/c24-18-6-4-15(12-25-18)28-10-8-27(9-11-28)13-14-2-1-3-16-20(14)23(33)29(22(16)32)17-5-7-19(30)26-21(17)31/h1-4,6,12,17H,5,7-11,13H2,(H2,24,25)(H,26,30,31). The smallest absolute Gasteiger partial charge is 0.262 e. The molecular weight excluding hydrogens is 424 g/mol. The summed E-state index contributed by atoms with van der Waals surface area (Å²) in [5.74, 6) is -1.45. The topological polar surface area (TPSA) is 129 Å². The highest BCUT2D eigenvalue weighted by Crippen LogP contribution is 2.30. The van der Waals surface area contributed by atoms with Crippen LogP contribution in [0.4, 0.5) is 11.5 Å². The average molecular weight is 448 g/mol. The van der Waals surface area contributed by atoms with Gasteiger partial charge in [-0.15, -0.1) is 0 Å². The predicted molar refractivity (Wildman–Crippen MR) is 119 cm³/mol. The molecule has 10 nitrogen and oxygen atoms in total. The van der Waals surface area contributed by atoms with Gasteiger partial charge in [-0.1, -0.05) is 12.1 Å². The number of carbonyl (C=O) groups is 4. The van der Waals surface area contributed by atoms with E-state index in [0.29, 0.717) is 23.5 Å². The van der Waals surface area contributed by atoms with Crippen molar-refractivity contribution in [3.8, 4) is 0 Å². The number of aromatic nitrogens is 1. The molecule has 33 heavy (non-hydrogen) atoms. The summed E-state index contributed by atoms with van der Waals surface area (Å²) >= 11 is 0. The van der Waals surface area contributed by atoms with Gasteiger partial charge < -0.3 is 10.6 Å². The Morgan fingerprint density at radius 2 is 1.79 bits per heavy atom. The number of piperazine rings is 1. The van der Waals surface area contributed by atoms with Crippen LogP contribution >= 0.6 is 0 Å². The van der Waals surface area contributed by atoms with Crippen molar-refractivity contribution < 1.29 is 19.2 Å². The number of carbonyl (C=O) groups excluding carboxylic acids is 4. The molecule has 0 radical (unpaired) electrons. The second kappa shape index (κ2) is 8.28. The number of nitrogens with one attached hydrogen (secondary N) is 1. The Hall–Kier alpha value is -3.79. The van der Waals surface area contributed by atoms with Gasteiger partial charge in [-0.25, -0.2) is 4.98 Å². The fraction of sp³-hybridized carbons (Fsp3) is 0.348. The maximum atomic E-state index is 13.3. The van der Waals surface area contributed by atoms with Crippen molar-refractivity contribution in [2.75, 3.05) is 36.8 Å². The second-order valence-corrected chi connectivity index (χ2v) is 8.49. The number of rotatable bonds is 4. The van der Waals surface area contributed by atoms with Crippen molar-refractivity contribution in [2.45, 2.75) is 25.4 Å². The molecule has 4 amide bonds. The molecule has 0 bridgehead atoms. The Labute approximate surface area is 190 Å². The number of anilines is 2. The van der Waals surface area contributed by atoms with E-state index >= 15 is 0 Å². The van der Waals surface area contributed by atoms with Crippen molar-refractivity contribution in [2.24, 2.45) is 0 Å². The first kappa shape index (κ1) is 21.1. The van der Waals surface area contributed by atoms with Gasteiger partial charge in [0.1, 0.15) is 11.9 Å². The molecule has 1 aromatic heterocycles. The Balaban J connectivity index is 1.30. The van der Waals surface area contributed by atoms with Crippen molar-refractivity contribution >= 4 is 35.1 Å². The number of benzene rings is 1. The van der Waals surface area contributed by atoms with E-state index in [1.165, 1.54) is 0 Å². The summed E-state index contributed by atoms with van der Waals surface area (Å²) in [6.45, 7) is 3.70. The molecule has 10 heteroatoms. The molecule has 1 aromatic carbocycles. The zero-order valence-electron chi connectivity index (χ0n) is 18.0. The number of fused-ring (bicyclic) bond motifs is 1. The first-order valence-electron chi connectivity index (χ1n) is 10.9. The molecule has 2 fully saturated rings. The van der Waals surface area contributed by atoms with E-state index < -0.39 is 23.8 Å². The number of pyridine rings is 1. The third kappa shape index (κ3) is 3.82. The van der Waals surface area contributed by atoms with Gasteiger partial charge in [0.25, 0.3) is 11.8 Å². The SMILES string of the molecule is Nc1ccc(N2CCN(Cc3cccc4c3C(=O)N(C3CCC(=O)NC3=O)C4=O)CC2)cn1. The van der Waals surface area contributed by atoms with Crippen molar-refractivity contribution in [3.63, 3.8) is 0 Å². The van der Waals surface area contributed by atoms with Crippen LogP contribution in [0.1, 0.15) is 39.1 Å². The van der Waals surface area contributed by atoms with Gasteiger partial charge in [0.2, 0.25) is 11.8 Å². The quantitative estimate of drug-likeness (QED) is 0.643. The number of imide groups is 2. The number of amides is 4. The van der Waals surface area contributed by atoms with E-state index in [1.807, 2.05) is 12.1 Å². The number of hydrogen-bond donors (Lipinski definition) is 2. The minimum absolute atomic E-state index is 0.102. The van der Waals surface area contributed by atoms with Crippen molar-refractivity contribution in [3.05, 3.63) is 53.2 Å². The number of nitrogen functional groups attached to an aromatic ring is 1. The zero-order chi connectivity index (χ0) is 23.1. The molecule has 1 unspecified atom stereocenters. The molecule has 2 saturated heterocycles. The molecular formula is C23H24N6O4. The lowest BCUT2D eigenvalue weighted by Crippen LogP contribution is -2.54. The molecule has 3 aliphatic rings. The van der Waals surface area contributed by atoms with Crippen LogP contribution in [0, 0.1) is 0 Å². The van der Waals surface area contributed by atoms with E-state index in [9.17, 15) is 19.2 Å². The van der Waals surface area contributed by atoms with Crippen LogP contribution in [0.3, 0.4) is 0 Å². The lowest BCUT2D eigenvalue weighted by molar-refractivity contribution is -0.136. The normalized spacial score (nSPS) is 21.4. The van der Waals surface area contributed by atoms with Gasteiger partial charge in [0.15, 0.2) is 0 Å². The van der Waals surface area contributed by atoms with Gasteiger partial charge in [-0.2, -0.15) is 0 Å². The van der Waals surface area contributed by atoms with Crippen LogP contribution in [-0.2, 0) is 16.1 Å². The molecule has 5 rings (SSSR count). The number of nitrogens with two attached hydrogens (primary N) is 1. The summed E-state index contributed by atoms with van der Waals surface area (Å²) < 4.78 is 0. The summed E-state index contributed by atoms with van der Waals surface area (Å²) in [4.78, 5) is 59.7. The monoisotopic (exact) mass is 448 g/mol. The summed E-state index contributed by atoms with van der Waals surface area (Å²) in [5, 5.41) is 2.23. The minimum atomic E-state index is -0.958. The van der Waals surface area contributed by atoms with E-state index in [1.54, 1.807) is 24.4 Å². The highest BCUT2D eigenvalue weighted by Gasteiger charge is 2.45.